The van der Waals surface area contributed by atoms with Gasteiger partial charge in [0.1, 0.15) is 5.75 Å². The van der Waals surface area contributed by atoms with Crippen molar-refractivity contribution < 1.29 is 5.11 Å². The molecule has 2 aromatic heterocycles. The van der Waals surface area contributed by atoms with E-state index in [9.17, 15) is 5.11 Å². The van der Waals surface area contributed by atoms with Crippen molar-refractivity contribution >= 4 is 0 Å². The van der Waals surface area contributed by atoms with Gasteiger partial charge in [-0.25, -0.2) is 4.68 Å². The molecule has 0 aliphatic heterocycles. The minimum absolute atomic E-state index is 0.248. The normalized spacial score (nSPS) is 11.0. The largest absolute Gasteiger partial charge is 0.506 e. The van der Waals surface area contributed by atoms with Gasteiger partial charge in [0, 0.05) is 18.4 Å². The number of nitrogens with one attached hydrogen (secondary N) is 1. The molecule has 3 rings (SSSR count). The lowest BCUT2D eigenvalue weighted by atomic mass is 10.1. The first kappa shape index (κ1) is 17.2. The van der Waals surface area contributed by atoms with Gasteiger partial charge in [0.15, 0.2) is 0 Å². The van der Waals surface area contributed by atoms with Crippen molar-refractivity contribution in [3.05, 3.63) is 71.3 Å². The third-order valence-corrected chi connectivity index (χ3v) is 4.20. The Bertz CT molecular complexity index is 827. The Kier molecular flexibility index (Phi) is 5.46. The van der Waals surface area contributed by atoms with Gasteiger partial charge in [-0.05, 0) is 63.1 Å². The Morgan fingerprint density at radius 1 is 1.08 bits per heavy atom. The smallest absolute Gasteiger partial charge is 0.138 e. The Morgan fingerprint density at radius 3 is 2.68 bits per heavy atom. The number of hydrogen-bond acceptors (Lipinski definition) is 4. The van der Waals surface area contributed by atoms with E-state index in [1.807, 2.05) is 35.9 Å². The van der Waals surface area contributed by atoms with Crippen LogP contribution in [0.4, 0.5) is 0 Å². The Labute approximate surface area is 148 Å². The molecule has 25 heavy (non-hydrogen) atoms. The maximum Gasteiger partial charge on any atom is 0.138 e. The second kappa shape index (κ2) is 7.94. The summed E-state index contributed by atoms with van der Waals surface area (Å²) in [6, 6.07) is 13.7. The molecule has 3 aromatic rings. The minimum atomic E-state index is 0.248. The van der Waals surface area contributed by atoms with Crippen molar-refractivity contribution in [2.24, 2.45) is 0 Å². The summed E-state index contributed by atoms with van der Waals surface area (Å²) in [5, 5.41) is 17.8. The zero-order valence-electron chi connectivity index (χ0n) is 14.7. The highest BCUT2D eigenvalue weighted by molar-refractivity contribution is 5.32. The zero-order chi connectivity index (χ0) is 17.6. The van der Waals surface area contributed by atoms with Crippen LogP contribution in [0.1, 0.15) is 29.1 Å². The maximum atomic E-state index is 9.80. The van der Waals surface area contributed by atoms with Crippen LogP contribution in [0.2, 0.25) is 0 Å². The van der Waals surface area contributed by atoms with Gasteiger partial charge in [-0.3, -0.25) is 4.98 Å². The predicted octanol–water partition coefficient (Wildman–Crippen LogP) is 3.31. The topological polar surface area (TPSA) is 63.0 Å². The molecular formula is C20H24N4O. The lowest BCUT2D eigenvalue weighted by molar-refractivity contribution is 0.458. The molecule has 130 valence electrons. The van der Waals surface area contributed by atoms with Crippen LogP contribution in [0.5, 0.6) is 5.75 Å². The molecule has 0 spiro atoms. The molecule has 0 aliphatic carbocycles. The Hall–Kier alpha value is -2.66. The first-order valence-electron chi connectivity index (χ1n) is 8.60. The van der Waals surface area contributed by atoms with Crippen LogP contribution >= 0.6 is 0 Å². The monoisotopic (exact) mass is 336 g/mol. The summed E-state index contributed by atoms with van der Waals surface area (Å²) >= 11 is 0. The molecule has 5 nitrogen and oxygen atoms in total. The molecule has 0 amide bonds. The van der Waals surface area contributed by atoms with Crippen LogP contribution in [0.15, 0.2) is 48.7 Å². The minimum Gasteiger partial charge on any atom is -0.506 e. The van der Waals surface area contributed by atoms with Crippen molar-refractivity contribution in [1.29, 1.82) is 0 Å². The SMILES string of the molecule is Cc1ccc(O)c(CNCCCc2cn(-c3ccccc3)nc2C)n1. The van der Waals surface area contributed by atoms with Gasteiger partial charge in [0.25, 0.3) is 0 Å². The Morgan fingerprint density at radius 2 is 1.88 bits per heavy atom. The average molecular weight is 336 g/mol. The maximum absolute atomic E-state index is 9.80. The van der Waals surface area contributed by atoms with E-state index < -0.39 is 0 Å². The highest BCUT2D eigenvalue weighted by Crippen LogP contribution is 2.15. The number of para-hydroxylation sites is 1. The zero-order valence-corrected chi connectivity index (χ0v) is 14.7. The quantitative estimate of drug-likeness (QED) is 0.650. The third kappa shape index (κ3) is 4.45. The number of hydrogen-bond donors (Lipinski definition) is 2. The molecule has 0 unspecified atom stereocenters. The first-order valence-corrected chi connectivity index (χ1v) is 8.60. The van der Waals surface area contributed by atoms with Gasteiger partial charge in [-0.1, -0.05) is 18.2 Å². The molecule has 0 saturated heterocycles. The van der Waals surface area contributed by atoms with Crippen LogP contribution in [0.3, 0.4) is 0 Å². The van der Waals surface area contributed by atoms with E-state index in [2.05, 4.69) is 40.7 Å². The van der Waals surface area contributed by atoms with Crippen molar-refractivity contribution in [2.75, 3.05) is 6.54 Å². The van der Waals surface area contributed by atoms with Crippen molar-refractivity contribution in [3.63, 3.8) is 0 Å². The fraction of sp³-hybridized carbons (Fsp3) is 0.300. The summed E-state index contributed by atoms with van der Waals surface area (Å²) in [4.78, 5) is 4.35. The standard InChI is InChI=1S/C20H24N4O/c1-15-10-11-20(25)19(22-15)13-21-12-6-7-17-14-24(23-16(17)2)18-8-4-3-5-9-18/h3-5,8-11,14,21,25H,6-7,12-13H2,1-2H3. The molecule has 2 heterocycles. The molecule has 0 fully saturated rings. The van der Waals surface area contributed by atoms with Crippen molar-refractivity contribution in [1.82, 2.24) is 20.1 Å². The Balaban J connectivity index is 1.49. The summed E-state index contributed by atoms with van der Waals surface area (Å²) in [7, 11) is 0. The fourth-order valence-electron chi connectivity index (χ4n) is 2.80. The van der Waals surface area contributed by atoms with Crippen LogP contribution < -0.4 is 5.32 Å². The summed E-state index contributed by atoms with van der Waals surface area (Å²) in [5.74, 6) is 0.248. The summed E-state index contributed by atoms with van der Waals surface area (Å²) in [5.41, 5.74) is 5.03. The van der Waals surface area contributed by atoms with E-state index >= 15 is 0 Å². The van der Waals surface area contributed by atoms with Crippen LogP contribution in [0.25, 0.3) is 5.69 Å². The van der Waals surface area contributed by atoms with Gasteiger partial charge in [-0.15, -0.1) is 0 Å². The summed E-state index contributed by atoms with van der Waals surface area (Å²) in [6.07, 6.45) is 4.09. The van der Waals surface area contributed by atoms with Gasteiger partial charge in [0.05, 0.1) is 17.1 Å². The predicted molar refractivity (Wildman–Crippen MR) is 99.0 cm³/mol. The molecule has 2 N–H and O–H groups in total. The molecule has 0 atom stereocenters. The van der Waals surface area contributed by atoms with Crippen molar-refractivity contribution in [3.8, 4) is 11.4 Å². The summed E-state index contributed by atoms with van der Waals surface area (Å²) in [6.45, 7) is 5.42. The molecule has 0 saturated carbocycles. The molecule has 5 heteroatoms. The van der Waals surface area contributed by atoms with Gasteiger partial charge in [-0.2, -0.15) is 5.10 Å². The number of benzene rings is 1. The molecule has 0 bridgehead atoms. The highest BCUT2D eigenvalue weighted by Gasteiger charge is 2.06. The number of aromatic hydroxyl groups is 1. The molecule has 0 aliphatic rings. The lowest BCUT2D eigenvalue weighted by Crippen LogP contribution is -2.16. The van der Waals surface area contributed by atoms with E-state index in [0.717, 1.165) is 36.5 Å². The number of pyridine rings is 1. The van der Waals surface area contributed by atoms with Gasteiger partial charge >= 0.3 is 0 Å². The van der Waals surface area contributed by atoms with Gasteiger partial charge in [0.2, 0.25) is 0 Å². The van der Waals surface area contributed by atoms with E-state index in [4.69, 9.17) is 0 Å². The van der Waals surface area contributed by atoms with Crippen molar-refractivity contribution in [2.45, 2.75) is 33.2 Å². The molecule has 1 aromatic carbocycles. The van der Waals surface area contributed by atoms with Gasteiger partial charge < -0.3 is 10.4 Å². The molecular weight excluding hydrogens is 312 g/mol. The molecule has 0 radical (unpaired) electrons. The summed E-state index contributed by atoms with van der Waals surface area (Å²) < 4.78 is 1.94. The second-order valence-corrected chi connectivity index (χ2v) is 6.22. The van der Waals surface area contributed by atoms with Crippen LogP contribution in [0, 0.1) is 13.8 Å². The number of aryl methyl sites for hydroxylation is 3. The lowest BCUT2D eigenvalue weighted by Gasteiger charge is -2.07. The number of rotatable bonds is 7. The fourth-order valence-corrected chi connectivity index (χ4v) is 2.80. The highest BCUT2D eigenvalue weighted by atomic mass is 16.3. The third-order valence-electron chi connectivity index (χ3n) is 4.20. The van der Waals surface area contributed by atoms with E-state index in [1.54, 1.807) is 6.07 Å². The number of nitrogens with zero attached hydrogens (tertiary/aromatic N) is 3. The average Bonchev–Trinajstić information content (AvgIpc) is 2.99. The van der Waals surface area contributed by atoms with E-state index in [0.29, 0.717) is 12.2 Å². The van der Waals surface area contributed by atoms with Crippen LogP contribution in [-0.2, 0) is 13.0 Å². The first-order chi connectivity index (χ1) is 12.1. The number of aromatic nitrogens is 3. The van der Waals surface area contributed by atoms with E-state index in [1.165, 1.54) is 5.56 Å². The van der Waals surface area contributed by atoms with Crippen LogP contribution in [-0.4, -0.2) is 26.4 Å². The van der Waals surface area contributed by atoms with E-state index in [-0.39, 0.29) is 5.75 Å². The second-order valence-electron chi connectivity index (χ2n) is 6.22.